The predicted molar refractivity (Wildman–Crippen MR) is 136 cm³/mol. The second kappa shape index (κ2) is 11.4. The van der Waals surface area contributed by atoms with Crippen molar-refractivity contribution in [3.8, 4) is 0 Å². The number of nitro groups is 1. The summed E-state index contributed by atoms with van der Waals surface area (Å²) in [5.74, 6) is -0.0601. The molecule has 0 radical (unpaired) electrons. The molecule has 0 bridgehead atoms. The van der Waals surface area contributed by atoms with Gasteiger partial charge in [-0.3, -0.25) is 14.9 Å². The molecule has 186 valence electrons. The molecule has 1 N–H and O–H groups in total. The van der Waals surface area contributed by atoms with Crippen molar-refractivity contribution in [3.63, 3.8) is 0 Å². The molecule has 4 rings (SSSR count). The summed E-state index contributed by atoms with van der Waals surface area (Å²) in [6.45, 7) is 2.97. The van der Waals surface area contributed by atoms with E-state index in [0.717, 1.165) is 5.69 Å². The number of hydrogen-bond donors (Lipinski definition) is 1. The molecular formula is C27H27N3O6. The van der Waals surface area contributed by atoms with Gasteiger partial charge in [0.2, 0.25) is 0 Å². The molecular weight excluding hydrogens is 462 g/mol. The Morgan fingerprint density at radius 2 is 1.61 bits per heavy atom. The van der Waals surface area contributed by atoms with Crippen molar-refractivity contribution < 1.29 is 24.0 Å². The first-order valence-electron chi connectivity index (χ1n) is 11.8. The highest BCUT2D eigenvalue weighted by Gasteiger charge is 2.27. The average Bonchev–Trinajstić information content (AvgIpc) is 2.89. The lowest BCUT2D eigenvalue weighted by molar-refractivity contribution is -0.384. The summed E-state index contributed by atoms with van der Waals surface area (Å²) in [5, 5.41) is 14.9. The molecule has 0 atom stereocenters. The van der Waals surface area contributed by atoms with Gasteiger partial charge in [-0.25, -0.2) is 4.79 Å². The van der Waals surface area contributed by atoms with Crippen LogP contribution in [0.2, 0.25) is 0 Å². The van der Waals surface area contributed by atoms with Crippen molar-refractivity contribution in [2.45, 2.75) is 25.9 Å². The number of nitro benzene ring substituents is 1. The van der Waals surface area contributed by atoms with Gasteiger partial charge in [0.1, 0.15) is 11.8 Å². The second-order valence-corrected chi connectivity index (χ2v) is 8.35. The lowest BCUT2D eigenvalue weighted by Crippen LogP contribution is -2.38. The summed E-state index contributed by atoms with van der Waals surface area (Å²) in [6.07, 6.45) is 0.122. The van der Waals surface area contributed by atoms with E-state index >= 15 is 0 Å². The molecule has 0 unspecified atom stereocenters. The third kappa shape index (κ3) is 5.99. The molecule has 0 aliphatic carbocycles. The highest BCUT2D eigenvalue weighted by molar-refractivity contribution is 6.09. The smallest absolute Gasteiger partial charge is 0.435 e. The van der Waals surface area contributed by atoms with E-state index in [1.165, 1.54) is 6.07 Å². The average molecular weight is 490 g/mol. The Labute approximate surface area is 208 Å². The zero-order valence-electron chi connectivity index (χ0n) is 19.9. The third-order valence-corrected chi connectivity index (χ3v) is 5.95. The molecule has 1 fully saturated rings. The summed E-state index contributed by atoms with van der Waals surface area (Å²) < 4.78 is 10.1. The quantitative estimate of drug-likeness (QED) is 0.185. The minimum atomic E-state index is -0.690. The maximum absolute atomic E-state index is 12.6. The van der Waals surface area contributed by atoms with Crippen LogP contribution in [0.1, 0.15) is 35.7 Å². The van der Waals surface area contributed by atoms with Gasteiger partial charge < -0.3 is 19.7 Å². The van der Waals surface area contributed by atoms with Crippen LogP contribution >= 0.6 is 0 Å². The molecule has 0 spiro atoms. The highest BCUT2D eigenvalue weighted by atomic mass is 16.7. The van der Waals surface area contributed by atoms with Crippen molar-refractivity contribution in [3.05, 3.63) is 94.0 Å². The van der Waals surface area contributed by atoms with Crippen LogP contribution in [-0.2, 0) is 9.47 Å². The largest absolute Gasteiger partial charge is 0.508 e. The van der Waals surface area contributed by atoms with Crippen molar-refractivity contribution in [2.75, 3.05) is 29.9 Å². The molecule has 3 aromatic carbocycles. The SMILES string of the molecule is CCOC(=O)OC1CCN(c2cc(Nc3ccc(C(=O)c4ccccc4)cc3)ccc2[N+](=O)[O-])CC1. The zero-order chi connectivity index (χ0) is 25.5. The van der Waals surface area contributed by atoms with Gasteiger partial charge in [0.15, 0.2) is 5.78 Å². The fourth-order valence-electron chi connectivity index (χ4n) is 4.14. The van der Waals surface area contributed by atoms with E-state index in [-0.39, 0.29) is 24.2 Å². The summed E-state index contributed by atoms with van der Waals surface area (Å²) >= 11 is 0. The van der Waals surface area contributed by atoms with E-state index in [1.807, 2.05) is 23.1 Å². The molecule has 9 nitrogen and oxygen atoms in total. The van der Waals surface area contributed by atoms with Gasteiger partial charge in [-0.1, -0.05) is 30.3 Å². The van der Waals surface area contributed by atoms with Gasteiger partial charge >= 0.3 is 6.16 Å². The summed E-state index contributed by atoms with van der Waals surface area (Å²) in [5.41, 5.74) is 3.13. The van der Waals surface area contributed by atoms with Gasteiger partial charge in [0, 0.05) is 54.5 Å². The Balaban J connectivity index is 1.45. The first-order chi connectivity index (χ1) is 17.4. The van der Waals surface area contributed by atoms with Crippen LogP contribution in [-0.4, -0.2) is 42.7 Å². The Kier molecular flexibility index (Phi) is 7.79. The van der Waals surface area contributed by atoms with E-state index in [0.29, 0.717) is 48.4 Å². The number of carbonyl (C=O) groups excluding carboxylic acids is 2. The highest BCUT2D eigenvalue weighted by Crippen LogP contribution is 2.34. The van der Waals surface area contributed by atoms with Crippen molar-refractivity contribution >= 4 is 34.7 Å². The molecule has 0 aromatic heterocycles. The number of rotatable bonds is 8. The van der Waals surface area contributed by atoms with Gasteiger partial charge in [0.05, 0.1) is 11.5 Å². The number of piperidine rings is 1. The Morgan fingerprint density at radius 1 is 0.972 bits per heavy atom. The van der Waals surface area contributed by atoms with Crippen LogP contribution < -0.4 is 10.2 Å². The number of carbonyl (C=O) groups is 2. The van der Waals surface area contributed by atoms with Crippen LogP contribution in [0.5, 0.6) is 0 Å². The van der Waals surface area contributed by atoms with Crippen LogP contribution in [0, 0.1) is 10.1 Å². The van der Waals surface area contributed by atoms with Crippen molar-refractivity contribution in [1.82, 2.24) is 0 Å². The lowest BCUT2D eigenvalue weighted by atomic mass is 10.0. The third-order valence-electron chi connectivity index (χ3n) is 5.95. The molecule has 1 aliphatic rings. The topological polar surface area (TPSA) is 111 Å². The molecule has 0 saturated carbocycles. The Hall–Kier alpha value is -4.40. The number of anilines is 3. The number of hydrogen-bond acceptors (Lipinski definition) is 8. The van der Waals surface area contributed by atoms with Gasteiger partial charge in [-0.2, -0.15) is 0 Å². The fraction of sp³-hybridized carbons (Fsp3) is 0.259. The van der Waals surface area contributed by atoms with Crippen molar-refractivity contribution in [2.24, 2.45) is 0 Å². The van der Waals surface area contributed by atoms with E-state index < -0.39 is 11.1 Å². The molecule has 0 amide bonds. The van der Waals surface area contributed by atoms with E-state index in [1.54, 1.807) is 55.5 Å². The molecule has 1 saturated heterocycles. The summed E-state index contributed by atoms with van der Waals surface area (Å²) in [7, 11) is 0. The van der Waals surface area contributed by atoms with Gasteiger partial charge in [-0.05, 0) is 43.3 Å². The minimum absolute atomic E-state index is 0.00844. The zero-order valence-corrected chi connectivity index (χ0v) is 19.9. The standard InChI is InChI=1S/C27H27N3O6/c1-2-35-27(32)36-23-14-16-29(17-15-23)25-18-22(12-13-24(25)30(33)34)28-21-10-8-20(9-11-21)26(31)19-6-4-3-5-7-19/h3-13,18,23,28H,2,14-17H2,1H3. The van der Waals surface area contributed by atoms with E-state index in [9.17, 15) is 19.7 Å². The monoisotopic (exact) mass is 489 g/mol. The van der Waals surface area contributed by atoms with Crippen LogP contribution in [0.15, 0.2) is 72.8 Å². The van der Waals surface area contributed by atoms with E-state index in [2.05, 4.69) is 5.32 Å². The molecule has 36 heavy (non-hydrogen) atoms. The normalized spacial score (nSPS) is 13.6. The Bertz CT molecular complexity index is 1220. The number of nitrogens with one attached hydrogen (secondary N) is 1. The van der Waals surface area contributed by atoms with Gasteiger partial charge in [0.25, 0.3) is 5.69 Å². The first kappa shape index (κ1) is 24.7. The van der Waals surface area contributed by atoms with Gasteiger partial charge in [-0.15, -0.1) is 0 Å². The Morgan fingerprint density at radius 3 is 2.25 bits per heavy atom. The number of ketones is 1. The lowest BCUT2D eigenvalue weighted by Gasteiger charge is -2.32. The number of nitrogens with zero attached hydrogens (tertiary/aromatic N) is 2. The van der Waals surface area contributed by atoms with Crippen molar-refractivity contribution in [1.29, 1.82) is 0 Å². The molecule has 1 heterocycles. The summed E-state index contributed by atoms with van der Waals surface area (Å²) in [4.78, 5) is 37.4. The fourth-order valence-corrected chi connectivity index (χ4v) is 4.14. The molecule has 9 heteroatoms. The maximum Gasteiger partial charge on any atom is 0.508 e. The molecule has 3 aromatic rings. The summed E-state index contributed by atoms with van der Waals surface area (Å²) in [6, 6.07) is 21.0. The second-order valence-electron chi connectivity index (χ2n) is 8.35. The van der Waals surface area contributed by atoms with Crippen LogP contribution in [0.4, 0.5) is 27.5 Å². The maximum atomic E-state index is 12.6. The van der Waals surface area contributed by atoms with Crippen LogP contribution in [0.3, 0.4) is 0 Å². The number of ether oxygens (including phenoxy) is 2. The first-order valence-corrected chi connectivity index (χ1v) is 11.8. The molecule has 1 aliphatic heterocycles. The predicted octanol–water partition coefficient (Wildman–Crippen LogP) is 5.71. The minimum Gasteiger partial charge on any atom is -0.435 e. The van der Waals surface area contributed by atoms with E-state index in [4.69, 9.17) is 9.47 Å². The van der Waals surface area contributed by atoms with Crippen LogP contribution in [0.25, 0.3) is 0 Å². The number of benzene rings is 3.